The summed E-state index contributed by atoms with van der Waals surface area (Å²) in [6, 6.07) is 65.9. The molecule has 0 saturated heterocycles. The Morgan fingerprint density at radius 1 is 0.308 bits per heavy atom. The fourth-order valence-electron chi connectivity index (χ4n) is 7.83. The summed E-state index contributed by atoms with van der Waals surface area (Å²) in [4.78, 5) is 4.73. The Morgan fingerprint density at radius 3 is 1.23 bits per heavy atom. The van der Waals surface area contributed by atoms with Gasteiger partial charge >= 0.3 is 0 Å². The third-order valence-corrected chi connectivity index (χ3v) is 10.9. The second kappa shape index (κ2) is 13.7. The van der Waals surface area contributed by atoms with Crippen molar-refractivity contribution in [3.05, 3.63) is 193 Å². The minimum absolute atomic E-state index is 0.129. The number of hydrogen-bond donors (Lipinski definition) is 0. The van der Waals surface area contributed by atoms with E-state index in [0.717, 1.165) is 28.4 Å². The Balaban J connectivity index is 1.15. The molecule has 1 aliphatic carbocycles. The molecule has 256 valence electrons. The van der Waals surface area contributed by atoms with Crippen LogP contribution in [0, 0.1) is 0 Å². The van der Waals surface area contributed by atoms with Crippen molar-refractivity contribution in [2.24, 2.45) is 0 Å². The number of anilines is 6. The van der Waals surface area contributed by atoms with Gasteiger partial charge in [-0.2, -0.15) is 0 Å². The maximum Gasteiger partial charge on any atom is 0.0467 e. The lowest BCUT2D eigenvalue weighted by atomic mass is 9.63. The Bertz CT molecular complexity index is 2270. The van der Waals surface area contributed by atoms with Crippen LogP contribution in [0.2, 0.25) is 0 Å². The molecule has 0 heterocycles. The summed E-state index contributed by atoms with van der Waals surface area (Å²) >= 11 is 0. The van der Waals surface area contributed by atoms with Crippen LogP contribution in [0.5, 0.6) is 0 Å². The average molecular weight is 675 g/mol. The molecule has 0 unspecified atom stereocenters. The van der Waals surface area contributed by atoms with E-state index in [-0.39, 0.29) is 10.8 Å². The van der Waals surface area contributed by atoms with E-state index in [2.05, 4.69) is 219 Å². The van der Waals surface area contributed by atoms with E-state index < -0.39 is 0 Å². The van der Waals surface area contributed by atoms with Gasteiger partial charge in [-0.3, -0.25) is 0 Å². The van der Waals surface area contributed by atoms with E-state index in [9.17, 15) is 0 Å². The zero-order chi connectivity index (χ0) is 35.7. The number of nitrogens with zero attached hydrogens (tertiary/aromatic N) is 2. The number of para-hydroxylation sites is 2. The molecular formula is C50H46N2. The van der Waals surface area contributed by atoms with Crippen LogP contribution in [-0.4, -0.2) is 0 Å². The second-order valence-electron chi connectivity index (χ2n) is 15.3. The van der Waals surface area contributed by atoms with Crippen molar-refractivity contribution in [3.63, 3.8) is 0 Å². The summed E-state index contributed by atoms with van der Waals surface area (Å²) in [6.45, 7) is 9.59. The lowest BCUT2D eigenvalue weighted by Crippen LogP contribution is -2.34. The summed E-state index contributed by atoms with van der Waals surface area (Å²) in [5.74, 6) is 0. The zero-order valence-corrected chi connectivity index (χ0v) is 30.6. The van der Waals surface area contributed by atoms with Gasteiger partial charge in [0.05, 0.1) is 0 Å². The Kier molecular flexibility index (Phi) is 8.77. The van der Waals surface area contributed by atoms with Crippen molar-refractivity contribution in [2.45, 2.75) is 51.4 Å². The topological polar surface area (TPSA) is 6.48 Å². The molecule has 0 bridgehead atoms. The smallest absolute Gasteiger partial charge is 0.0467 e. The summed E-state index contributed by atoms with van der Waals surface area (Å²) < 4.78 is 0. The highest BCUT2D eigenvalue weighted by Crippen LogP contribution is 2.48. The van der Waals surface area contributed by atoms with Crippen molar-refractivity contribution in [1.29, 1.82) is 0 Å². The van der Waals surface area contributed by atoms with Crippen LogP contribution in [0.4, 0.5) is 34.1 Å². The molecule has 8 rings (SSSR count). The van der Waals surface area contributed by atoms with Crippen LogP contribution in [0.25, 0.3) is 22.3 Å². The largest absolute Gasteiger partial charge is 0.311 e. The molecule has 1 aliphatic rings. The van der Waals surface area contributed by atoms with Gasteiger partial charge in [0.2, 0.25) is 0 Å². The molecule has 7 aromatic carbocycles. The molecule has 52 heavy (non-hydrogen) atoms. The van der Waals surface area contributed by atoms with Crippen molar-refractivity contribution in [2.75, 3.05) is 9.80 Å². The highest BCUT2D eigenvalue weighted by Gasteiger charge is 2.37. The highest BCUT2D eigenvalue weighted by atomic mass is 15.1. The predicted molar refractivity (Wildman–Crippen MR) is 222 cm³/mol. The normalized spacial score (nSPS) is 14.3. The number of benzene rings is 7. The van der Waals surface area contributed by atoms with Crippen molar-refractivity contribution in [3.8, 4) is 22.3 Å². The molecule has 0 atom stereocenters. The molecule has 0 saturated carbocycles. The van der Waals surface area contributed by atoms with Gasteiger partial charge in [0.25, 0.3) is 0 Å². The van der Waals surface area contributed by atoms with Crippen molar-refractivity contribution >= 4 is 34.1 Å². The monoisotopic (exact) mass is 674 g/mol. The first-order valence-electron chi connectivity index (χ1n) is 18.5. The van der Waals surface area contributed by atoms with Gasteiger partial charge in [-0.05, 0) is 130 Å². The molecule has 0 fully saturated rings. The van der Waals surface area contributed by atoms with Crippen LogP contribution in [-0.2, 0) is 10.8 Å². The third kappa shape index (κ3) is 6.53. The lowest BCUT2D eigenvalue weighted by Gasteiger charge is -2.42. The van der Waals surface area contributed by atoms with Crippen LogP contribution >= 0.6 is 0 Å². The van der Waals surface area contributed by atoms with Crippen LogP contribution < -0.4 is 9.80 Å². The Labute approximate surface area is 309 Å². The zero-order valence-electron chi connectivity index (χ0n) is 30.6. The van der Waals surface area contributed by atoms with Crippen molar-refractivity contribution in [1.82, 2.24) is 0 Å². The average Bonchev–Trinajstić information content (AvgIpc) is 3.19. The second-order valence-corrected chi connectivity index (χ2v) is 15.3. The van der Waals surface area contributed by atoms with Gasteiger partial charge in [-0.25, -0.2) is 0 Å². The van der Waals surface area contributed by atoms with Gasteiger partial charge in [-0.1, -0.05) is 137 Å². The molecular weight excluding hydrogens is 629 g/mol. The van der Waals surface area contributed by atoms with E-state index in [1.54, 1.807) is 0 Å². The predicted octanol–water partition coefficient (Wildman–Crippen LogP) is 14.3. The maximum absolute atomic E-state index is 2.45. The molecule has 0 aromatic heterocycles. The van der Waals surface area contributed by atoms with Crippen LogP contribution in [0.15, 0.2) is 182 Å². The van der Waals surface area contributed by atoms with Gasteiger partial charge in [-0.15, -0.1) is 0 Å². The highest BCUT2D eigenvalue weighted by molar-refractivity contribution is 5.83. The lowest BCUT2D eigenvalue weighted by molar-refractivity contribution is 0.332. The quantitative estimate of drug-likeness (QED) is 0.158. The first kappa shape index (κ1) is 33.3. The summed E-state index contributed by atoms with van der Waals surface area (Å²) in [7, 11) is 0. The minimum Gasteiger partial charge on any atom is -0.311 e. The number of hydrogen-bond acceptors (Lipinski definition) is 2. The fraction of sp³-hybridized carbons (Fsp3) is 0.160. The SMILES string of the molecule is CC1(C)CCC(C)(C)c2cc(N(c3ccccc3)c3cccc(-c4ccc(N(c5ccccc5)c5ccc(-c6ccccc6)cc5)cc4)c3)ccc21. The third-order valence-electron chi connectivity index (χ3n) is 10.9. The molecule has 2 nitrogen and oxygen atoms in total. The van der Waals surface area contributed by atoms with E-state index in [1.807, 2.05) is 0 Å². The molecule has 0 radical (unpaired) electrons. The van der Waals surface area contributed by atoms with Crippen molar-refractivity contribution < 1.29 is 0 Å². The maximum atomic E-state index is 2.45. The van der Waals surface area contributed by atoms with Gasteiger partial charge < -0.3 is 9.80 Å². The summed E-state index contributed by atoms with van der Waals surface area (Å²) in [6.07, 6.45) is 2.40. The van der Waals surface area contributed by atoms with Gasteiger partial charge in [0.1, 0.15) is 0 Å². The molecule has 0 spiro atoms. The molecule has 0 N–H and O–H groups in total. The molecule has 2 heteroatoms. The standard InChI is InChI=1S/C50H46N2/c1-49(2)33-34-50(3,4)48-36-46(31-32-47(48)49)52(42-20-12-7-13-21-42)45-22-14-17-40(35-45)39-25-29-44(30-26-39)51(41-18-10-6-11-19-41)43-27-23-38(24-28-43)37-15-8-5-9-16-37/h5-32,35-36H,33-34H2,1-4H3. The van der Waals surface area contributed by atoms with Gasteiger partial charge in [0, 0.05) is 34.1 Å². The van der Waals surface area contributed by atoms with Gasteiger partial charge in [0.15, 0.2) is 0 Å². The summed E-state index contributed by atoms with van der Waals surface area (Å²) in [5.41, 5.74) is 14.9. The molecule has 0 amide bonds. The molecule has 7 aromatic rings. The number of fused-ring (bicyclic) bond motifs is 1. The van der Waals surface area contributed by atoms with E-state index in [0.29, 0.717) is 0 Å². The summed E-state index contributed by atoms with van der Waals surface area (Å²) in [5, 5.41) is 0. The minimum atomic E-state index is 0.129. The Morgan fingerprint density at radius 2 is 0.673 bits per heavy atom. The van der Waals surface area contributed by atoms with E-state index >= 15 is 0 Å². The Hall–Kier alpha value is -5.86. The number of rotatable bonds is 8. The first-order chi connectivity index (χ1) is 25.3. The van der Waals surface area contributed by atoms with E-state index in [4.69, 9.17) is 0 Å². The van der Waals surface area contributed by atoms with E-state index in [1.165, 1.54) is 51.9 Å². The van der Waals surface area contributed by atoms with Crippen LogP contribution in [0.3, 0.4) is 0 Å². The first-order valence-corrected chi connectivity index (χ1v) is 18.5. The van der Waals surface area contributed by atoms with Crippen LogP contribution in [0.1, 0.15) is 51.7 Å². The fourth-order valence-corrected chi connectivity index (χ4v) is 7.83. The molecule has 0 aliphatic heterocycles.